The monoisotopic (exact) mass is 429 g/mol. The van der Waals surface area contributed by atoms with Crippen LogP contribution < -0.4 is 5.32 Å². The lowest BCUT2D eigenvalue weighted by molar-refractivity contribution is 0.0612. The fourth-order valence-corrected chi connectivity index (χ4v) is 5.48. The molecule has 166 valence electrons. The highest BCUT2D eigenvalue weighted by Gasteiger charge is 2.51. The number of hydrogen-bond acceptors (Lipinski definition) is 4. The molecule has 6 heteroatoms. The van der Waals surface area contributed by atoms with Gasteiger partial charge in [0.1, 0.15) is 0 Å². The molecule has 3 aromatic rings. The smallest absolute Gasteiger partial charge is 0.254 e. The van der Waals surface area contributed by atoms with E-state index < -0.39 is 0 Å². The van der Waals surface area contributed by atoms with Gasteiger partial charge in [-0.05, 0) is 50.4 Å². The first-order valence-corrected chi connectivity index (χ1v) is 11.6. The molecule has 2 aromatic heterocycles. The lowest BCUT2D eigenvalue weighted by atomic mass is 9.85. The fourth-order valence-electron chi connectivity index (χ4n) is 5.48. The number of nitrogens with one attached hydrogen (secondary N) is 1. The number of benzene rings is 1. The van der Waals surface area contributed by atoms with Crippen LogP contribution in [0.15, 0.2) is 61.1 Å². The van der Waals surface area contributed by atoms with Crippen LogP contribution in [0.1, 0.15) is 61.0 Å². The summed E-state index contributed by atoms with van der Waals surface area (Å²) in [4.78, 5) is 20.7. The second-order valence-electron chi connectivity index (χ2n) is 9.38. The van der Waals surface area contributed by atoms with Gasteiger partial charge in [0.2, 0.25) is 0 Å². The maximum absolute atomic E-state index is 14.1. The molecule has 1 aromatic carbocycles. The first-order chi connectivity index (χ1) is 15.5. The van der Waals surface area contributed by atoms with E-state index in [-0.39, 0.29) is 23.5 Å². The van der Waals surface area contributed by atoms with E-state index in [0.29, 0.717) is 5.56 Å². The number of amides is 1. The first kappa shape index (κ1) is 20.9. The normalized spacial score (nSPS) is 25.8. The molecule has 2 aliphatic heterocycles. The molecule has 4 heterocycles. The standard InChI is InChI=1S/C26H31N5O/c1-26-16-23(19-9-5-3-6-10-19)31(24(26)11-7-4-8-13-28-26)25(32)20-12-14-27-22(15-20)21-17-29-30(2)18-21/h3,5-6,9-10,12,14-15,17-18,23-24,28H,4,7-8,11,13,16H2,1-2H3/t23-,24-,26-/m0/s1. The van der Waals surface area contributed by atoms with E-state index in [1.54, 1.807) is 17.1 Å². The van der Waals surface area contributed by atoms with Crippen LogP contribution in [0.4, 0.5) is 0 Å². The number of hydrogen-bond donors (Lipinski definition) is 1. The second-order valence-corrected chi connectivity index (χ2v) is 9.38. The minimum absolute atomic E-state index is 0.0549. The van der Waals surface area contributed by atoms with Gasteiger partial charge in [-0.3, -0.25) is 14.5 Å². The average molecular weight is 430 g/mol. The van der Waals surface area contributed by atoms with Crippen LogP contribution in [0.3, 0.4) is 0 Å². The minimum atomic E-state index is -0.0875. The van der Waals surface area contributed by atoms with Crippen molar-refractivity contribution < 1.29 is 4.79 Å². The van der Waals surface area contributed by atoms with E-state index in [2.05, 4.69) is 51.5 Å². The summed E-state index contributed by atoms with van der Waals surface area (Å²) < 4.78 is 1.75. The molecular formula is C26H31N5O. The molecule has 2 saturated heterocycles. The summed E-state index contributed by atoms with van der Waals surface area (Å²) in [5.74, 6) is 0.0856. The zero-order chi connectivity index (χ0) is 22.1. The Hall–Kier alpha value is -2.99. The van der Waals surface area contributed by atoms with E-state index in [1.165, 1.54) is 18.4 Å². The lowest BCUT2D eigenvalue weighted by Crippen LogP contribution is -2.54. The molecule has 32 heavy (non-hydrogen) atoms. The lowest BCUT2D eigenvalue weighted by Gasteiger charge is -2.38. The molecule has 6 nitrogen and oxygen atoms in total. The molecule has 1 N–H and O–H groups in total. The van der Waals surface area contributed by atoms with Gasteiger partial charge in [0.05, 0.1) is 24.0 Å². The Balaban J connectivity index is 1.54. The number of aryl methyl sites for hydroxylation is 1. The first-order valence-electron chi connectivity index (χ1n) is 11.6. The number of carbonyl (C=O) groups is 1. The third kappa shape index (κ3) is 3.84. The highest BCUT2D eigenvalue weighted by molar-refractivity contribution is 5.96. The van der Waals surface area contributed by atoms with Crippen molar-refractivity contribution in [2.75, 3.05) is 6.54 Å². The van der Waals surface area contributed by atoms with Crippen molar-refractivity contribution in [3.8, 4) is 11.3 Å². The zero-order valence-electron chi connectivity index (χ0n) is 18.9. The van der Waals surface area contributed by atoms with Gasteiger partial charge < -0.3 is 10.2 Å². The van der Waals surface area contributed by atoms with Gasteiger partial charge >= 0.3 is 0 Å². The van der Waals surface area contributed by atoms with E-state index in [9.17, 15) is 4.79 Å². The Morgan fingerprint density at radius 1 is 1.16 bits per heavy atom. The molecule has 3 atom stereocenters. The number of aromatic nitrogens is 3. The van der Waals surface area contributed by atoms with Crippen LogP contribution in [-0.4, -0.2) is 43.7 Å². The van der Waals surface area contributed by atoms with Crippen molar-refractivity contribution in [3.63, 3.8) is 0 Å². The number of rotatable bonds is 3. The summed E-state index contributed by atoms with van der Waals surface area (Å²) in [6.07, 6.45) is 11.0. The molecular weight excluding hydrogens is 398 g/mol. The molecule has 0 spiro atoms. The largest absolute Gasteiger partial charge is 0.327 e. The third-order valence-corrected chi connectivity index (χ3v) is 7.13. The van der Waals surface area contributed by atoms with Crippen molar-refractivity contribution in [3.05, 3.63) is 72.2 Å². The van der Waals surface area contributed by atoms with Gasteiger partial charge in [-0.25, -0.2) is 0 Å². The van der Waals surface area contributed by atoms with E-state index in [1.807, 2.05) is 31.4 Å². The van der Waals surface area contributed by atoms with Gasteiger partial charge in [-0.15, -0.1) is 0 Å². The van der Waals surface area contributed by atoms with Crippen molar-refractivity contribution in [2.24, 2.45) is 7.05 Å². The maximum atomic E-state index is 14.1. The quantitative estimate of drug-likeness (QED) is 0.672. The Morgan fingerprint density at radius 2 is 2.00 bits per heavy atom. The van der Waals surface area contributed by atoms with Crippen LogP contribution in [0.25, 0.3) is 11.3 Å². The summed E-state index contributed by atoms with van der Waals surface area (Å²) in [7, 11) is 1.88. The summed E-state index contributed by atoms with van der Waals surface area (Å²) >= 11 is 0. The van der Waals surface area contributed by atoms with Crippen LogP contribution >= 0.6 is 0 Å². The van der Waals surface area contributed by atoms with Crippen molar-refractivity contribution in [1.82, 2.24) is 25.0 Å². The predicted octanol–water partition coefficient (Wildman–Crippen LogP) is 4.36. The summed E-state index contributed by atoms with van der Waals surface area (Å²) in [6, 6.07) is 14.5. The van der Waals surface area contributed by atoms with Crippen molar-refractivity contribution in [1.29, 1.82) is 0 Å². The molecule has 2 fully saturated rings. The number of pyridine rings is 1. The Bertz CT molecular complexity index is 1090. The van der Waals surface area contributed by atoms with E-state index >= 15 is 0 Å². The van der Waals surface area contributed by atoms with E-state index in [0.717, 1.165) is 37.1 Å². The highest BCUT2D eigenvalue weighted by Crippen LogP contribution is 2.45. The fraction of sp³-hybridized carbons (Fsp3) is 0.423. The van der Waals surface area contributed by atoms with Gasteiger partial charge in [0.25, 0.3) is 5.91 Å². The van der Waals surface area contributed by atoms with Gasteiger partial charge in [0.15, 0.2) is 0 Å². The topological polar surface area (TPSA) is 63.1 Å². The summed E-state index contributed by atoms with van der Waals surface area (Å²) in [5, 5.41) is 8.07. The summed E-state index contributed by atoms with van der Waals surface area (Å²) in [6.45, 7) is 3.32. The molecule has 5 rings (SSSR count). The van der Waals surface area contributed by atoms with Crippen LogP contribution in [-0.2, 0) is 7.05 Å². The van der Waals surface area contributed by atoms with Crippen molar-refractivity contribution >= 4 is 5.91 Å². The number of nitrogens with zero attached hydrogens (tertiary/aromatic N) is 4. The van der Waals surface area contributed by atoms with Crippen LogP contribution in [0.5, 0.6) is 0 Å². The zero-order valence-corrected chi connectivity index (χ0v) is 18.9. The Kier molecular flexibility index (Phi) is 5.55. The maximum Gasteiger partial charge on any atom is 0.254 e. The molecule has 0 unspecified atom stereocenters. The van der Waals surface area contributed by atoms with Crippen LogP contribution in [0, 0.1) is 0 Å². The minimum Gasteiger partial charge on any atom is -0.327 e. The SMILES string of the molecule is Cn1cc(-c2cc(C(=O)N3[C@H]4CCCCCN[C@@]4(C)C[C@H]3c3ccccc3)ccn2)cn1. The number of carbonyl (C=O) groups excluding carboxylic acids is 1. The van der Waals surface area contributed by atoms with Gasteiger partial charge in [-0.1, -0.05) is 43.2 Å². The van der Waals surface area contributed by atoms with Crippen LogP contribution in [0.2, 0.25) is 0 Å². The molecule has 0 radical (unpaired) electrons. The van der Waals surface area contributed by atoms with E-state index in [4.69, 9.17) is 0 Å². The molecule has 2 aliphatic rings. The molecule has 0 saturated carbocycles. The number of fused-ring (bicyclic) bond motifs is 1. The Labute approximate surface area is 189 Å². The predicted molar refractivity (Wildman–Crippen MR) is 125 cm³/mol. The molecule has 1 amide bonds. The average Bonchev–Trinajstić information content (AvgIpc) is 3.36. The summed E-state index contributed by atoms with van der Waals surface area (Å²) in [5.41, 5.74) is 3.50. The molecule has 0 aliphatic carbocycles. The van der Waals surface area contributed by atoms with Gasteiger partial charge in [-0.2, -0.15) is 5.10 Å². The number of likely N-dealkylation sites (tertiary alicyclic amines) is 1. The van der Waals surface area contributed by atoms with Crippen molar-refractivity contribution in [2.45, 2.75) is 56.7 Å². The third-order valence-electron chi connectivity index (χ3n) is 7.13. The Morgan fingerprint density at radius 3 is 2.78 bits per heavy atom. The van der Waals surface area contributed by atoms with Gasteiger partial charge in [0, 0.05) is 36.1 Å². The highest BCUT2D eigenvalue weighted by atomic mass is 16.2. The molecule has 0 bridgehead atoms. The second kappa shape index (κ2) is 8.51.